The molecule has 0 aromatic heterocycles. The molecule has 0 spiro atoms. The average Bonchev–Trinajstić information content (AvgIpc) is 2.43. The van der Waals surface area contributed by atoms with Gasteiger partial charge in [0.2, 0.25) is 0 Å². The predicted octanol–water partition coefficient (Wildman–Crippen LogP) is 2.28. The lowest BCUT2D eigenvalue weighted by atomic mass is 10.0. The lowest BCUT2D eigenvalue weighted by Crippen LogP contribution is -2.36. The molecule has 0 bridgehead atoms. The van der Waals surface area contributed by atoms with Crippen molar-refractivity contribution in [2.45, 2.75) is 39.3 Å². The molecule has 1 aromatic carbocycles. The standard InChI is InChI=1S/C16H25N3O/c1-3-20-15-6-8-19(9-7-15)11-14-5-4-13(16(17)18)10-12(14)2/h4-5,10,15H,3,6-9,11H2,1-2H3,(H3,17,18). The van der Waals surface area contributed by atoms with Gasteiger partial charge >= 0.3 is 0 Å². The highest BCUT2D eigenvalue weighted by Crippen LogP contribution is 2.18. The van der Waals surface area contributed by atoms with Crippen molar-refractivity contribution in [1.29, 1.82) is 5.41 Å². The summed E-state index contributed by atoms with van der Waals surface area (Å²) in [6.45, 7) is 8.14. The quantitative estimate of drug-likeness (QED) is 0.640. The maximum Gasteiger partial charge on any atom is 0.122 e. The predicted molar refractivity (Wildman–Crippen MR) is 82.1 cm³/mol. The van der Waals surface area contributed by atoms with Crippen LogP contribution in [0.4, 0.5) is 0 Å². The number of nitrogens with two attached hydrogens (primary N) is 1. The molecule has 0 atom stereocenters. The molecule has 3 N–H and O–H groups in total. The number of benzene rings is 1. The molecular formula is C16H25N3O. The SMILES string of the molecule is CCOC1CCN(Cc2ccc(C(=N)N)cc2C)CC1. The van der Waals surface area contributed by atoms with Gasteiger partial charge in [-0.2, -0.15) is 0 Å². The van der Waals surface area contributed by atoms with E-state index in [1.165, 1.54) is 11.1 Å². The van der Waals surface area contributed by atoms with E-state index in [-0.39, 0.29) is 5.84 Å². The van der Waals surface area contributed by atoms with Crippen molar-refractivity contribution >= 4 is 5.84 Å². The van der Waals surface area contributed by atoms with Gasteiger partial charge in [0.15, 0.2) is 0 Å². The molecule has 0 aliphatic carbocycles. The van der Waals surface area contributed by atoms with Crippen molar-refractivity contribution < 1.29 is 4.74 Å². The Morgan fingerprint density at radius 2 is 2.10 bits per heavy atom. The smallest absolute Gasteiger partial charge is 0.122 e. The molecule has 4 nitrogen and oxygen atoms in total. The Morgan fingerprint density at radius 3 is 2.65 bits per heavy atom. The highest BCUT2D eigenvalue weighted by atomic mass is 16.5. The van der Waals surface area contributed by atoms with Crippen LogP contribution in [0.15, 0.2) is 18.2 Å². The summed E-state index contributed by atoms with van der Waals surface area (Å²) in [7, 11) is 0. The Kier molecular flexibility index (Phi) is 5.15. The van der Waals surface area contributed by atoms with Gasteiger partial charge in [0.05, 0.1) is 6.10 Å². The summed E-state index contributed by atoms with van der Waals surface area (Å²) in [6, 6.07) is 6.04. The number of nitrogen functional groups attached to an aromatic ring is 1. The van der Waals surface area contributed by atoms with Gasteiger partial charge in [-0.25, -0.2) is 0 Å². The van der Waals surface area contributed by atoms with Crippen LogP contribution in [-0.4, -0.2) is 36.5 Å². The van der Waals surface area contributed by atoms with Gasteiger partial charge in [-0.3, -0.25) is 10.3 Å². The van der Waals surface area contributed by atoms with Crippen molar-refractivity contribution in [3.63, 3.8) is 0 Å². The van der Waals surface area contributed by atoms with Gasteiger partial charge in [0.25, 0.3) is 0 Å². The summed E-state index contributed by atoms with van der Waals surface area (Å²) in [5, 5.41) is 7.47. The van der Waals surface area contributed by atoms with Crippen molar-refractivity contribution in [1.82, 2.24) is 4.90 Å². The number of nitrogens with zero attached hydrogens (tertiary/aromatic N) is 1. The van der Waals surface area contributed by atoms with Crippen LogP contribution in [0.1, 0.15) is 36.5 Å². The van der Waals surface area contributed by atoms with E-state index in [4.69, 9.17) is 15.9 Å². The van der Waals surface area contributed by atoms with Crippen LogP contribution >= 0.6 is 0 Å². The Balaban J connectivity index is 1.93. The fourth-order valence-corrected chi connectivity index (χ4v) is 2.75. The second-order valence-corrected chi connectivity index (χ2v) is 5.49. The minimum atomic E-state index is 0.136. The number of hydrogen-bond donors (Lipinski definition) is 2. The first-order chi connectivity index (χ1) is 9.60. The second kappa shape index (κ2) is 6.86. The van der Waals surface area contributed by atoms with E-state index in [0.29, 0.717) is 6.10 Å². The molecule has 1 aliphatic rings. The number of amidine groups is 1. The van der Waals surface area contributed by atoms with Crippen molar-refractivity contribution in [3.05, 3.63) is 34.9 Å². The van der Waals surface area contributed by atoms with E-state index in [1.807, 2.05) is 12.1 Å². The van der Waals surface area contributed by atoms with E-state index in [9.17, 15) is 0 Å². The van der Waals surface area contributed by atoms with Gasteiger partial charge < -0.3 is 10.5 Å². The molecule has 2 rings (SSSR count). The highest BCUT2D eigenvalue weighted by Gasteiger charge is 2.19. The van der Waals surface area contributed by atoms with Crippen LogP contribution in [0.3, 0.4) is 0 Å². The molecule has 1 fully saturated rings. The molecule has 0 radical (unpaired) electrons. The number of aryl methyl sites for hydroxylation is 1. The van der Waals surface area contributed by atoms with Gasteiger partial charge in [-0.1, -0.05) is 12.1 Å². The summed E-state index contributed by atoms with van der Waals surface area (Å²) in [5.41, 5.74) is 8.86. The van der Waals surface area contributed by atoms with Crippen LogP contribution < -0.4 is 5.73 Å². The number of ether oxygens (including phenoxy) is 1. The maximum absolute atomic E-state index is 7.47. The molecule has 4 heteroatoms. The summed E-state index contributed by atoms with van der Waals surface area (Å²) in [6.07, 6.45) is 2.69. The first kappa shape index (κ1) is 15.0. The third-order valence-corrected chi connectivity index (χ3v) is 3.98. The molecule has 110 valence electrons. The first-order valence-corrected chi connectivity index (χ1v) is 7.38. The van der Waals surface area contributed by atoms with Gasteiger partial charge in [-0.15, -0.1) is 0 Å². The second-order valence-electron chi connectivity index (χ2n) is 5.49. The fourth-order valence-electron chi connectivity index (χ4n) is 2.75. The minimum absolute atomic E-state index is 0.136. The van der Waals surface area contributed by atoms with Crippen LogP contribution in [0.25, 0.3) is 0 Å². The molecule has 20 heavy (non-hydrogen) atoms. The lowest BCUT2D eigenvalue weighted by Gasteiger charge is -2.32. The zero-order valence-corrected chi connectivity index (χ0v) is 12.5. The van der Waals surface area contributed by atoms with Gasteiger partial charge in [0.1, 0.15) is 5.84 Å². The van der Waals surface area contributed by atoms with E-state index < -0.39 is 0 Å². The molecule has 1 aliphatic heterocycles. The van der Waals surface area contributed by atoms with Crippen LogP contribution in [0, 0.1) is 12.3 Å². The third-order valence-electron chi connectivity index (χ3n) is 3.98. The lowest BCUT2D eigenvalue weighted by molar-refractivity contribution is 0.0125. The number of rotatable bonds is 5. The Bertz CT molecular complexity index is 465. The zero-order chi connectivity index (χ0) is 14.5. The number of nitrogens with one attached hydrogen (secondary N) is 1. The maximum atomic E-state index is 7.47. The molecule has 1 saturated heterocycles. The first-order valence-electron chi connectivity index (χ1n) is 7.38. The summed E-state index contributed by atoms with van der Waals surface area (Å²) < 4.78 is 5.68. The molecule has 1 heterocycles. The van der Waals surface area contributed by atoms with Crippen molar-refractivity contribution in [2.75, 3.05) is 19.7 Å². The topological polar surface area (TPSA) is 62.3 Å². The summed E-state index contributed by atoms with van der Waals surface area (Å²) in [4.78, 5) is 2.48. The number of likely N-dealkylation sites (tertiary alicyclic amines) is 1. The van der Waals surface area contributed by atoms with Gasteiger partial charge in [-0.05, 0) is 43.9 Å². The average molecular weight is 275 g/mol. The van der Waals surface area contributed by atoms with E-state index in [0.717, 1.165) is 44.6 Å². The zero-order valence-electron chi connectivity index (χ0n) is 12.5. The molecule has 0 unspecified atom stereocenters. The Labute approximate surface area is 121 Å². The largest absolute Gasteiger partial charge is 0.384 e. The van der Waals surface area contributed by atoms with E-state index in [1.54, 1.807) is 0 Å². The Morgan fingerprint density at radius 1 is 1.40 bits per heavy atom. The molecular weight excluding hydrogens is 250 g/mol. The van der Waals surface area contributed by atoms with Gasteiger partial charge in [0, 0.05) is 31.8 Å². The molecule has 1 aromatic rings. The van der Waals surface area contributed by atoms with Crippen LogP contribution in [0.2, 0.25) is 0 Å². The summed E-state index contributed by atoms with van der Waals surface area (Å²) >= 11 is 0. The van der Waals surface area contributed by atoms with Crippen molar-refractivity contribution in [2.24, 2.45) is 5.73 Å². The molecule has 0 saturated carbocycles. The monoisotopic (exact) mass is 275 g/mol. The van der Waals surface area contributed by atoms with Crippen LogP contribution in [0.5, 0.6) is 0 Å². The number of hydrogen-bond acceptors (Lipinski definition) is 3. The van der Waals surface area contributed by atoms with Crippen LogP contribution in [-0.2, 0) is 11.3 Å². The minimum Gasteiger partial charge on any atom is -0.384 e. The third kappa shape index (κ3) is 3.81. The van der Waals surface area contributed by atoms with Crippen molar-refractivity contribution in [3.8, 4) is 0 Å². The highest BCUT2D eigenvalue weighted by molar-refractivity contribution is 5.95. The van der Waals surface area contributed by atoms with E-state index >= 15 is 0 Å². The Hall–Kier alpha value is -1.39. The molecule has 0 amide bonds. The fraction of sp³-hybridized carbons (Fsp3) is 0.562. The summed E-state index contributed by atoms with van der Waals surface area (Å²) in [5.74, 6) is 0.136. The normalized spacial score (nSPS) is 17.3. The van der Waals surface area contributed by atoms with E-state index in [2.05, 4.69) is 24.8 Å². The number of piperidine rings is 1.